The van der Waals surface area contributed by atoms with E-state index < -0.39 is 5.60 Å². The Labute approximate surface area is 136 Å². The fraction of sp³-hybridized carbons (Fsp3) is 0.562. The molecular formula is C16H23ClN2O3. The van der Waals surface area contributed by atoms with Gasteiger partial charge in [0.05, 0.1) is 6.10 Å². The molecule has 0 spiro atoms. The topological polar surface area (TPSA) is 59.6 Å². The Kier molecular flexibility index (Phi) is 6.20. The standard InChI is InChI=1S/C16H23ClN2O3/c1-21-14(12-4-3-5-13(17)10-12)11-19-15(20)16(22-2)6-8-18-9-7-16/h3-5,10,14,18H,6-9,11H2,1-2H3,(H,19,20). The van der Waals surface area contributed by atoms with Crippen molar-refractivity contribution in [2.45, 2.75) is 24.5 Å². The lowest BCUT2D eigenvalue weighted by Crippen LogP contribution is -2.54. The molecule has 6 heteroatoms. The van der Waals surface area contributed by atoms with E-state index in [0.717, 1.165) is 18.7 Å². The quantitative estimate of drug-likeness (QED) is 0.838. The van der Waals surface area contributed by atoms with Crippen LogP contribution in [0, 0.1) is 0 Å². The summed E-state index contributed by atoms with van der Waals surface area (Å²) in [6, 6.07) is 7.46. The lowest BCUT2D eigenvalue weighted by Gasteiger charge is -2.35. The van der Waals surface area contributed by atoms with Crippen molar-refractivity contribution < 1.29 is 14.3 Å². The van der Waals surface area contributed by atoms with Gasteiger partial charge >= 0.3 is 0 Å². The van der Waals surface area contributed by atoms with Crippen molar-refractivity contribution in [1.29, 1.82) is 0 Å². The summed E-state index contributed by atoms with van der Waals surface area (Å²) in [5.74, 6) is -0.0828. The van der Waals surface area contributed by atoms with Gasteiger partial charge < -0.3 is 20.1 Å². The van der Waals surface area contributed by atoms with Gasteiger partial charge in [-0.15, -0.1) is 0 Å². The van der Waals surface area contributed by atoms with Crippen molar-refractivity contribution in [3.05, 3.63) is 34.9 Å². The molecule has 1 aliphatic rings. The second kappa shape index (κ2) is 7.92. The third-order valence-electron chi connectivity index (χ3n) is 4.17. The van der Waals surface area contributed by atoms with E-state index in [1.54, 1.807) is 14.2 Å². The Hall–Kier alpha value is -1.14. The first kappa shape index (κ1) is 17.2. The van der Waals surface area contributed by atoms with Crippen LogP contribution in [-0.4, -0.2) is 45.4 Å². The second-order valence-electron chi connectivity index (χ2n) is 5.44. The summed E-state index contributed by atoms with van der Waals surface area (Å²) in [5.41, 5.74) is 0.199. The fourth-order valence-corrected chi connectivity index (χ4v) is 2.94. The van der Waals surface area contributed by atoms with Gasteiger partial charge in [0.25, 0.3) is 5.91 Å². The highest BCUT2D eigenvalue weighted by molar-refractivity contribution is 6.30. The van der Waals surface area contributed by atoms with Crippen LogP contribution in [-0.2, 0) is 14.3 Å². The van der Waals surface area contributed by atoms with Crippen molar-refractivity contribution in [3.8, 4) is 0 Å². The highest BCUT2D eigenvalue weighted by Crippen LogP contribution is 2.24. The minimum atomic E-state index is -0.738. The van der Waals surface area contributed by atoms with Crippen LogP contribution in [0.1, 0.15) is 24.5 Å². The Balaban J connectivity index is 1.99. The predicted molar refractivity (Wildman–Crippen MR) is 86.1 cm³/mol. The molecule has 1 atom stereocenters. The van der Waals surface area contributed by atoms with Crippen molar-refractivity contribution in [2.75, 3.05) is 33.9 Å². The molecule has 0 aromatic heterocycles. The third kappa shape index (κ3) is 3.98. The molecule has 1 unspecified atom stereocenters. The van der Waals surface area contributed by atoms with E-state index in [9.17, 15) is 4.79 Å². The second-order valence-corrected chi connectivity index (χ2v) is 5.87. The predicted octanol–water partition coefficient (Wildman–Crippen LogP) is 1.91. The van der Waals surface area contributed by atoms with Crippen molar-refractivity contribution in [2.24, 2.45) is 0 Å². The fourth-order valence-electron chi connectivity index (χ4n) is 2.75. The maximum absolute atomic E-state index is 12.5. The summed E-state index contributed by atoms with van der Waals surface area (Å²) >= 11 is 6.01. The zero-order valence-corrected chi connectivity index (χ0v) is 13.8. The van der Waals surface area contributed by atoms with Gasteiger partial charge in [0.15, 0.2) is 0 Å². The number of amides is 1. The lowest BCUT2D eigenvalue weighted by molar-refractivity contribution is -0.147. The first-order valence-electron chi connectivity index (χ1n) is 7.44. The number of rotatable bonds is 6. The number of piperidine rings is 1. The maximum Gasteiger partial charge on any atom is 0.252 e. The number of hydrogen-bond acceptors (Lipinski definition) is 4. The van der Waals surface area contributed by atoms with Crippen molar-refractivity contribution in [3.63, 3.8) is 0 Å². The number of hydrogen-bond donors (Lipinski definition) is 2. The molecule has 22 heavy (non-hydrogen) atoms. The summed E-state index contributed by atoms with van der Waals surface area (Å²) in [4.78, 5) is 12.5. The minimum absolute atomic E-state index is 0.0828. The molecule has 5 nitrogen and oxygen atoms in total. The third-order valence-corrected chi connectivity index (χ3v) is 4.40. The SMILES string of the molecule is COC(CNC(=O)C1(OC)CCNCC1)c1cccc(Cl)c1. The molecule has 0 bridgehead atoms. The van der Waals surface area contributed by atoms with E-state index in [2.05, 4.69) is 10.6 Å². The lowest BCUT2D eigenvalue weighted by atomic mass is 9.91. The molecule has 1 saturated heterocycles. The Morgan fingerprint density at radius 3 is 2.73 bits per heavy atom. The Bertz CT molecular complexity index is 504. The summed E-state index contributed by atoms with van der Waals surface area (Å²) in [7, 11) is 3.21. The van der Waals surface area contributed by atoms with Gasteiger partial charge in [-0.25, -0.2) is 0 Å². The molecule has 2 N–H and O–H groups in total. The van der Waals surface area contributed by atoms with Gasteiger partial charge in [0.2, 0.25) is 0 Å². The molecular weight excluding hydrogens is 304 g/mol. The van der Waals surface area contributed by atoms with Crippen LogP contribution in [0.3, 0.4) is 0 Å². The number of methoxy groups -OCH3 is 2. The summed E-state index contributed by atoms with van der Waals surface area (Å²) in [6.45, 7) is 1.95. The molecule has 0 aliphatic carbocycles. The maximum atomic E-state index is 12.5. The zero-order chi connectivity index (χ0) is 16.0. The minimum Gasteiger partial charge on any atom is -0.375 e. The molecule has 1 aromatic carbocycles. The molecule has 1 heterocycles. The van der Waals surface area contributed by atoms with Gasteiger partial charge in [-0.1, -0.05) is 23.7 Å². The van der Waals surface area contributed by atoms with Gasteiger partial charge in [-0.05, 0) is 43.6 Å². The molecule has 2 rings (SSSR count). The molecule has 122 valence electrons. The number of halogens is 1. The van der Waals surface area contributed by atoms with Crippen LogP contribution < -0.4 is 10.6 Å². The van der Waals surface area contributed by atoms with Crippen molar-refractivity contribution >= 4 is 17.5 Å². The van der Waals surface area contributed by atoms with Gasteiger partial charge in [-0.3, -0.25) is 4.79 Å². The van der Waals surface area contributed by atoms with Crippen molar-refractivity contribution in [1.82, 2.24) is 10.6 Å². The number of nitrogens with one attached hydrogen (secondary N) is 2. The molecule has 0 saturated carbocycles. The van der Waals surface area contributed by atoms with Gasteiger partial charge in [0, 0.05) is 25.8 Å². The smallest absolute Gasteiger partial charge is 0.252 e. The largest absolute Gasteiger partial charge is 0.375 e. The van der Waals surface area contributed by atoms with E-state index in [4.69, 9.17) is 21.1 Å². The number of benzene rings is 1. The number of ether oxygens (including phenoxy) is 2. The van der Waals surface area contributed by atoms with Crippen LogP contribution >= 0.6 is 11.6 Å². The van der Waals surface area contributed by atoms with Crippen LogP contribution in [0.4, 0.5) is 0 Å². The zero-order valence-electron chi connectivity index (χ0n) is 13.0. The highest BCUT2D eigenvalue weighted by Gasteiger charge is 2.39. The van der Waals surface area contributed by atoms with Crippen LogP contribution in [0.25, 0.3) is 0 Å². The van der Waals surface area contributed by atoms with E-state index >= 15 is 0 Å². The van der Waals surface area contributed by atoms with E-state index in [1.807, 2.05) is 24.3 Å². The summed E-state index contributed by atoms with van der Waals surface area (Å²) in [6.07, 6.45) is 1.10. The average molecular weight is 327 g/mol. The normalized spacial score (nSPS) is 18.7. The summed E-state index contributed by atoms with van der Waals surface area (Å²) in [5, 5.41) is 6.84. The molecule has 1 amide bonds. The summed E-state index contributed by atoms with van der Waals surface area (Å²) < 4.78 is 11.0. The van der Waals surface area contributed by atoms with Crippen LogP contribution in [0.15, 0.2) is 24.3 Å². The number of carbonyl (C=O) groups is 1. The Morgan fingerprint density at radius 2 is 2.14 bits per heavy atom. The first-order valence-corrected chi connectivity index (χ1v) is 7.81. The monoisotopic (exact) mass is 326 g/mol. The van der Waals surface area contributed by atoms with Crippen LogP contribution in [0.5, 0.6) is 0 Å². The molecule has 1 aliphatic heterocycles. The molecule has 1 fully saturated rings. The van der Waals surface area contributed by atoms with E-state index in [-0.39, 0.29) is 12.0 Å². The highest BCUT2D eigenvalue weighted by atomic mass is 35.5. The van der Waals surface area contributed by atoms with Crippen LogP contribution in [0.2, 0.25) is 5.02 Å². The van der Waals surface area contributed by atoms with Gasteiger partial charge in [0.1, 0.15) is 5.60 Å². The average Bonchev–Trinajstić information content (AvgIpc) is 2.56. The molecule has 1 aromatic rings. The van der Waals surface area contributed by atoms with E-state index in [1.165, 1.54) is 0 Å². The van der Waals surface area contributed by atoms with Gasteiger partial charge in [-0.2, -0.15) is 0 Å². The Morgan fingerprint density at radius 1 is 1.41 bits per heavy atom. The first-order chi connectivity index (χ1) is 10.6. The molecule has 0 radical (unpaired) electrons. The number of carbonyl (C=O) groups excluding carboxylic acids is 1. The van der Waals surface area contributed by atoms with E-state index in [0.29, 0.717) is 24.4 Å².